The van der Waals surface area contributed by atoms with E-state index in [2.05, 4.69) is 12.2 Å². The molecule has 1 rings (SSSR count). The van der Waals surface area contributed by atoms with Crippen LogP contribution >= 0.6 is 0 Å². The van der Waals surface area contributed by atoms with E-state index in [0.717, 1.165) is 18.9 Å². The molecule has 0 aliphatic heterocycles. The number of hydrogen-bond acceptors (Lipinski definition) is 2. The normalized spacial score (nSPS) is 23.3. The molecular weight excluding hydrogens is 162 g/mol. The van der Waals surface area contributed by atoms with E-state index in [1.807, 2.05) is 6.92 Å². The molecule has 1 saturated carbocycles. The van der Waals surface area contributed by atoms with Crippen LogP contribution in [0.3, 0.4) is 0 Å². The SMILES string of the molecule is CC(O)CCN[C@@H](C)C1CCCC1. The maximum absolute atomic E-state index is 9.09. The second-order valence-electron chi connectivity index (χ2n) is 4.43. The number of nitrogens with one attached hydrogen (secondary N) is 1. The monoisotopic (exact) mass is 185 g/mol. The van der Waals surface area contributed by atoms with Crippen LogP contribution in [0.25, 0.3) is 0 Å². The molecule has 2 heteroatoms. The fourth-order valence-electron chi connectivity index (χ4n) is 2.14. The van der Waals surface area contributed by atoms with Crippen molar-refractivity contribution >= 4 is 0 Å². The van der Waals surface area contributed by atoms with E-state index in [0.29, 0.717) is 6.04 Å². The van der Waals surface area contributed by atoms with Gasteiger partial charge in [-0.05, 0) is 45.6 Å². The van der Waals surface area contributed by atoms with E-state index in [1.54, 1.807) is 0 Å². The minimum Gasteiger partial charge on any atom is -0.393 e. The number of aliphatic hydroxyl groups excluding tert-OH is 1. The average molecular weight is 185 g/mol. The van der Waals surface area contributed by atoms with Crippen molar-refractivity contribution in [1.29, 1.82) is 0 Å². The van der Waals surface area contributed by atoms with Gasteiger partial charge in [-0.15, -0.1) is 0 Å². The van der Waals surface area contributed by atoms with Gasteiger partial charge in [-0.1, -0.05) is 12.8 Å². The Hall–Kier alpha value is -0.0800. The Balaban J connectivity index is 2.06. The lowest BCUT2D eigenvalue weighted by molar-refractivity contribution is 0.180. The standard InChI is InChI=1S/C11H23NO/c1-9(13)7-8-12-10(2)11-5-3-4-6-11/h9-13H,3-8H2,1-2H3/t9?,10-/m0/s1. The van der Waals surface area contributed by atoms with Crippen molar-refractivity contribution in [3.8, 4) is 0 Å². The summed E-state index contributed by atoms with van der Waals surface area (Å²) in [6.07, 6.45) is 6.31. The Morgan fingerprint density at radius 2 is 1.92 bits per heavy atom. The fourth-order valence-corrected chi connectivity index (χ4v) is 2.14. The molecule has 0 amide bonds. The summed E-state index contributed by atoms with van der Waals surface area (Å²) in [6, 6.07) is 0.640. The van der Waals surface area contributed by atoms with Crippen LogP contribution in [0.15, 0.2) is 0 Å². The van der Waals surface area contributed by atoms with Crippen LogP contribution in [0.5, 0.6) is 0 Å². The molecule has 1 fully saturated rings. The first-order valence-electron chi connectivity index (χ1n) is 5.61. The summed E-state index contributed by atoms with van der Waals surface area (Å²) >= 11 is 0. The molecule has 1 aliphatic carbocycles. The van der Waals surface area contributed by atoms with Crippen molar-refractivity contribution in [1.82, 2.24) is 5.32 Å². The van der Waals surface area contributed by atoms with Crippen molar-refractivity contribution in [3.05, 3.63) is 0 Å². The van der Waals surface area contributed by atoms with Crippen LogP contribution in [0.2, 0.25) is 0 Å². The van der Waals surface area contributed by atoms with Crippen LogP contribution < -0.4 is 5.32 Å². The third-order valence-corrected chi connectivity index (χ3v) is 3.14. The van der Waals surface area contributed by atoms with E-state index < -0.39 is 0 Å². The molecule has 1 unspecified atom stereocenters. The lowest BCUT2D eigenvalue weighted by atomic mass is 10.00. The lowest BCUT2D eigenvalue weighted by Crippen LogP contribution is -2.34. The Labute approximate surface area is 81.7 Å². The Kier molecular flexibility index (Phi) is 4.74. The second-order valence-corrected chi connectivity index (χ2v) is 4.43. The summed E-state index contributed by atoms with van der Waals surface area (Å²) < 4.78 is 0. The molecule has 0 saturated heterocycles. The smallest absolute Gasteiger partial charge is 0.0524 e. The molecule has 2 N–H and O–H groups in total. The van der Waals surface area contributed by atoms with E-state index >= 15 is 0 Å². The fraction of sp³-hybridized carbons (Fsp3) is 1.00. The van der Waals surface area contributed by atoms with Gasteiger partial charge in [-0.3, -0.25) is 0 Å². The summed E-state index contributed by atoms with van der Waals surface area (Å²) in [5.41, 5.74) is 0. The van der Waals surface area contributed by atoms with E-state index in [9.17, 15) is 0 Å². The quantitative estimate of drug-likeness (QED) is 0.686. The minimum absolute atomic E-state index is 0.164. The predicted octanol–water partition coefficient (Wildman–Crippen LogP) is 1.93. The molecule has 0 aromatic heterocycles. The summed E-state index contributed by atoms with van der Waals surface area (Å²) in [6.45, 7) is 5.08. The molecule has 13 heavy (non-hydrogen) atoms. The largest absolute Gasteiger partial charge is 0.393 e. The number of rotatable bonds is 5. The molecule has 78 valence electrons. The molecule has 0 bridgehead atoms. The molecule has 0 radical (unpaired) electrons. The van der Waals surface area contributed by atoms with Crippen molar-refractivity contribution in [2.24, 2.45) is 5.92 Å². The Morgan fingerprint density at radius 1 is 1.31 bits per heavy atom. The summed E-state index contributed by atoms with van der Waals surface area (Å²) in [5.74, 6) is 0.883. The lowest BCUT2D eigenvalue weighted by Gasteiger charge is -2.20. The van der Waals surface area contributed by atoms with Gasteiger partial charge in [0.25, 0.3) is 0 Å². The summed E-state index contributed by atoms with van der Waals surface area (Å²) in [7, 11) is 0. The zero-order valence-corrected chi connectivity index (χ0v) is 8.92. The van der Waals surface area contributed by atoms with Gasteiger partial charge >= 0.3 is 0 Å². The topological polar surface area (TPSA) is 32.3 Å². The third kappa shape index (κ3) is 4.10. The third-order valence-electron chi connectivity index (χ3n) is 3.14. The Morgan fingerprint density at radius 3 is 2.46 bits per heavy atom. The van der Waals surface area contributed by atoms with Crippen LogP contribution in [0.4, 0.5) is 0 Å². The molecule has 2 atom stereocenters. The van der Waals surface area contributed by atoms with Gasteiger partial charge in [0.1, 0.15) is 0 Å². The molecule has 0 aromatic carbocycles. The van der Waals surface area contributed by atoms with Crippen molar-refractivity contribution in [2.45, 2.75) is 58.1 Å². The van der Waals surface area contributed by atoms with Gasteiger partial charge in [-0.2, -0.15) is 0 Å². The van der Waals surface area contributed by atoms with Gasteiger partial charge in [0.05, 0.1) is 6.10 Å². The van der Waals surface area contributed by atoms with E-state index in [-0.39, 0.29) is 6.10 Å². The number of aliphatic hydroxyl groups is 1. The van der Waals surface area contributed by atoms with Crippen LogP contribution in [-0.2, 0) is 0 Å². The van der Waals surface area contributed by atoms with Gasteiger partial charge in [0, 0.05) is 6.04 Å². The second kappa shape index (κ2) is 5.61. The average Bonchev–Trinajstić information content (AvgIpc) is 2.55. The van der Waals surface area contributed by atoms with Gasteiger partial charge in [-0.25, -0.2) is 0 Å². The van der Waals surface area contributed by atoms with Crippen molar-refractivity contribution in [3.63, 3.8) is 0 Å². The maximum atomic E-state index is 9.09. The van der Waals surface area contributed by atoms with Crippen LogP contribution in [0.1, 0.15) is 46.0 Å². The van der Waals surface area contributed by atoms with E-state index in [1.165, 1.54) is 25.7 Å². The zero-order valence-electron chi connectivity index (χ0n) is 8.92. The number of hydrogen-bond donors (Lipinski definition) is 2. The molecule has 0 aromatic rings. The van der Waals surface area contributed by atoms with Gasteiger partial charge in [0.2, 0.25) is 0 Å². The first kappa shape index (κ1) is 11.0. The highest BCUT2D eigenvalue weighted by atomic mass is 16.3. The Bertz CT molecular complexity index is 130. The van der Waals surface area contributed by atoms with Crippen LogP contribution in [0, 0.1) is 5.92 Å². The molecule has 0 heterocycles. The zero-order chi connectivity index (χ0) is 9.68. The highest BCUT2D eigenvalue weighted by molar-refractivity contribution is 4.77. The maximum Gasteiger partial charge on any atom is 0.0524 e. The molecule has 2 nitrogen and oxygen atoms in total. The molecular formula is C11H23NO. The predicted molar refractivity (Wildman–Crippen MR) is 55.7 cm³/mol. The first-order chi connectivity index (χ1) is 6.20. The van der Waals surface area contributed by atoms with Gasteiger partial charge in [0.15, 0.2) is 0 Å². The van der Waals surface area contributed by atoms with Crippen molar-refractivity contribution < 1.29 is 5.11 Å². The van der Waals surface area contributed by atoms with Crippen LogP contribution in [-0.4, -0.2) is 23.8 Å². The van der Waals surface area contributed by atoms with Gasteiger partial charge < -0.3 is 10.4 Å². The highest BCUT2D eigenvalue weighted by Gasteiger charge is 2.20. The van der Waals surface area contributed by atoms with Crippen molar-refractivity contribution in [2.75, 3.05) is 6.54 Å². The summed E-state index contributed by atoms with van der Waals surface area (Å²) in [4.78, 5) is 0. The molecule has 0 spiro atoms. The first-order valence-corrected chi connectivity index (χ1v) is 5.61. The summed E-state index contributed by atoms with van der Waals surface area (Å²) in [5, 5.41) is 12.6. The van der Waals surface area contributed by atoms with E-state index in [4.69, 9.17) is 5.11 Å². The minimum atomic E-state index is -0.164. The highest BCUT2D eigenvalue weighted by Crippen LogP contribution is 2.27. The molecule has 1 aliphatic rings.